The van der Waals surface area contributed by atoms with Gasteiger partial charge >= 0.3 is 0 Å². The number of nitrogens with zero attached hydrogens (tertiary/aromatic N) is 2. The van der Waals surface area contributed by atoms with Crippen LogP contribution in [-0.2, 0) is 4.74 Å². The molecule has 1 saturated heterocycles. The summed E-state index contributed by atoms with van der Waals surface area (Å²) in [6.07, 6.45) is 0.264. The Morgan fingerprint density at radius 3 is 2.11 bits per heavy atom. The molecule has 4 nitrogen and oxygen atoms in total. The molecule has 0 aliphatic carbocycles. The Bertz CT molecular complexity index is 240. The van der Waals surface area contributed by atoms with Crippen LogP contribution in [0.5, 0.6) is 0 Å². The van der Waals surface area contributed by atoms with E-state index in [1.165, 1.54) is 26.2 Å². The van der Waals surface area contributed by atoms with Gasteiger partial charge in [0.1, 0.15) is 0 Å². The van der Waals surface area contributed by atoms with Crippen LogP contribution in [-0.4, -0.2) is 74.9 Å². The number of rotatable bonds is 7. The van der Waals surface area contributed by atoms with E-state index in [0.29, 0.717) is 18.0 Å². The first kappa shape index (κ1) is 16.9. The summed E-state index contributed by atoms with van der Waals surface area (Å²) >= 11 is 0. The van der Waals surface area contributed by atoms with Crippen LogP contribution in [0.15, 0.2) is 0 Å². The molecule has 0 bridgehead atoms. The fourth-order valence-electron chi connectivity index (χ4n) is 2.62. The molecule has 1 aliphatic heterocycles. The molecule has 1 aliphatic rings. The molecule has 1 N–H and O–H groups in total. The quantitative estimate of drug-likeness (QED) is 0.755. The van der Waals surface area contributed by atoms with Gasteiger partial charge in [0, 0.05) is 51.9 Å². The number of likely N-dealkylation sites (N-methyl/N-ethyl adjacent to an activating group) is 1. The van der Waals surface area contributed by atoms with Crippen LogP contribution >= 0.6 is 0 Å². The molecular formula is C15H33N3O. The SMILES string of the molecule is COC(C)C(C)NCC(C(C)C)N1CCN(C)CC1. The first-order valence-electron chi connectivity index (χ1n) is 7.64. The standard InChI is InChI=1S/C15H33N3O/c1-12(2)15(11-16-13(3)14(4)19-6)18-9-7-17(5)8-10-18/h12-16H,7-11H2,1-6H3. The van der Waals surface area contributed by atoms with Crippen molar-refractivity contribution in [3.63, 3.8) is 0 Å². The molecule has 0 spiro atoms. The van der Waals surface area contributed by atoms with Gasteiger partial charge < -0.3 is 15.0 Å². The molecule has 1 fully saturated rings. The van der Waals surface area contributed by atoms with Crippen LogP contribution in [0.25, 0.3) is 0 Å². The largest absolute Gasteiger partial charge is 0.380 e. The van der Waals surface area contributed by atoms with E-state index < -0.39 is 0 Å². The Morgan fingerprint density at radius 1 is 1.05 bits per heavy atom. The van der Waals surface area contributed by atoms with Gasteiger partial charge in [-0.1, -0.05) is 13.8 Å². The zero-order valence-electron chi connectivity index (χ0n) is 13.6. The highest BCUT2D eigenvalue weighted by Crippen LogP contribution is 2.13. The van der Waals surface area contributed by atoms with Crippen molar-refractivity contribution in [1.29, 1.82) is 0 Å². The highest BCUT2D eigenvalue weighted by Gasteiger charge is 2.25. The normalized spacial score (nSPS) is 23.5. The second kappa shape index (κ2) is 8.20. The highest BCUT2D eigenvalue weighted by atomic mass is 16.5. The number of ether oxygens (including phenoxy) is 1. The maximum atomic E-state index is 5.38. The van der Waals surface area contributed by atoms with Gasteiger partial charge in [0.25, 0.3) is 0 Å². The van der Waals surface area contributed by atoms with Gasteiger partial charge in [-0.05, 0) is 26.8 Å². The van der Waals surface area contributed by atoms with E-state index in [0.717, 1.165) is 6.54 Å². The second-order valence-electron chi connectivity index (χ2n) is 6.29. The zero-order valence-corrected chi connectivity index (χ0v) is 13.6. The van der Waals surface area contributed by atoms with Gasteiger partial charge in [0.15, 0.2) is 0 Å². The van der Waals surface area contributed by atoms with Crippen LogP contribution in [0.1, 0.15) is 27.7 Å². The van der Waals surface area contributed by atoms with Crippen molar-refractivity contribution in [3.05, 3.63) is 0 Å². The molecule has 114 valence electrons. The maximum Gasteiger partial charge on any atom is 0.0693 e. The van der Waals surface area contributed by atoms with Crippen molar-refractivity contribution in [2.24, 2.45) is 5.92 Å². The fourth-order valence-corrected chi connectivity index (χ4v) is 2.62. The number of methoxy groups -OCH3 is 1. The minimum Gasteiger partial charge on any atom is -0.380 e. The van der Waals surface area contributed by atoms with Crippen molar-refractivity contribution in [1.82, 2.24) is 15.1 Å². The molecule has 1 heterocycles. The average Bonchev–Trinajstić information content (AvgIpc) is 2.39. The Labute approximate surface area is 119 Å². The number of nitrogens with one attached hydrogen (secondary N) is 1. The number of hydrogen-bond donors (Lipinski definition) is 1. The summed E-state index contributed by atoms with van der Waals surface area (Å²) in [4.78, 5) is 5.05. The molecule has 0 radical (unpaired) electrons. The van der Waals surface area contributed by atoms with Crippen molar-refractivity contribution in [3.8, 4) is 0 Å². The van der Waals surface area contributed by atoms with Crippen LogP contribution in [0.4, 0.5) is 0 Å². The summed E-state index contributed by atoms with van der Waals surface area (Å²) < 4.78 is 5.38. The van der Waals surface area contributed by atoms with Gasteiger partial charge in [-0.15, -0.1) is 0 Å². The summed E-state index contributed by atoms with van der Waals surface area (Å²) in [5, 5.41) is 3.64. The zero-order chi connectivity index (χ0) is 14.4. The molecule has 0 saturated carbocycles. The van der Waals surface area contributed by atoms with Gasteiger partial charge in [-0.3, -0.25) is 4.90 Å². The van der Waals surface area contributed by atoms with E-state index in [1.807, 2.05) is 0 Å². The Hall–Kier alpha value is -0.160. The van der Waals surface area contributed by atoms with E-state index >= 15 is 0 Å². The van der Waals surface area contributed by atoms with Gasteiger partial charge in [0.2, 0.25) is 0 Å². The molecule has 1 rings (SSSR count). The Kier molecular flexibility index (Phi) is 7.29. The molecule has 0 aromatic rings. The third-order valence-corrected chi connectivity index (χ3v) is 4.50. The average molecular weight is 271 g/mol. The van der Waals surface area contributed by atoms with Crippen LogP contribution in [0.2, 0.25) is 0 Å². The first-order chi connectivity index (χ1) is 8.95. The molecule has 19 heavy (non-hydrogen) atoms. The Morgan fingerprint density at radius 2 is 1.63 bits per heavy atom. The molecular weight excluding hydrogens is 238 g/mol. The van der Waals surface area contributed by atoms with E-state index in [-0.39, 0.29) is 6.10 Å². The summed E-state index contributed by atoms with van der Waals surface area (Å²) in [5.74, 6) is 0.681. The summed E-state index contributed by atoms with van der Waals surface area (Å²) in [6.45, 7) is 14.8. The smallest absolute Gasteiger partial charge is 0.0693 e. The minimum absolute atomic E-state index is 0.264. The lowest BCUT2D eigenvalue weighted by Gasteiger charge is -2.40. The maximum absolute atomic E-state index is 5.38. The van der Waals surface area contributed by atoms with Crippen LogP contribution in [0.3, 0.4) is 0 Å². The highest BCUT2D eigenvalue weighted by molar-refractivity contribution is 4.83. The fraction of sp³-hybridized carbons (Fsp3) is 1.00. The van der Waals surface area contributed by atoms with Crippen LogP contribution < -0.4 is 5.32 Å². The Balaban J connectivity index is 2.44. The van der Waals surface area contributed by atoms with Crippen molar-refractivity contribution in [2.45, 2.75) is 45.9 Å². The molecule has 3 atom stereocenters. The first-order valence-corrected chi connectivity index (χ1v) is 7.64. The minimum atomic E-state index is 0.264. The van der Waals surface area contributed by atoms with E-state index in [2.05, 4.69) is 49.9 Å². The predicted molar refractivity (Wildman–Crippen MR) is 81.6 cm³/mol. The lowest BCUT2D eigenvalue weighted by Crippen LogP contribution is -2.55. The monoisotopic (exact) mass is 271 g/mol. The third kappa shape index (κ3) is 5.38. The number of hydrogen-bond acceptors (Lipinski definition) is 4. The van der Waals surface area contributed by atoms with Gasteiger partial charge in [-0.25, -0.2) is 0 Å². The lowest BCUT2D eigenvalue weighted by atomic mass is 10.0. The van der Waals surface area contributed by atoms with Crippen molar-refractivity contribution >= 4 is 0 Å². The topological polar surface area (TPSA) is 27.7 Å². The molecule has 0 aromatic carbocycles. The molecule has 3 unspecified atom stereocenters. The van der Waals surface area contributed by atoms with Crippen LogP contribution in [0, 0.1) is 5.92 Å². The van der Waals surface area contributed by atoms with Crippen molar-refractivity contribution < 1.29 is 4.74 Å². The van der Waals surface area contributed by atoms with E-state index in [9.17, 15) is 0 Å². The summed E-state index contributed by atoms with van der Waals surface area (Å²) in [5.41, 5.74) is 0. The lowest BCUT2D eigenvalue weighted by molar-refractivity contribution is 0.0669. The van der Waals surface area contributed by atoms with Gasteiger partial charge in [0.05, 0.1) is 6.10 Å². The third-order valence-electron chi connectivity index (χ3n) is 4.50. The molecule has 0 amide bonds. The van der Waals surface area contributed by atoms with Crippen molar-refractivity contribution in [2.75, 3.05) is 46.9 Å². The van der Waals surface area contributed by atoms with Gasteiger partial charge in [-0.2, -0.15) is 0 Å². The summed E-state index contributed by atoms with van der Waals surface area (Å²) in [6, 6.07) is 1.03. The van der Waals surface area contributed by atoms with E-state index in [1.54, 1.807) is 7.11 Å². The predicted octanol–water partition coefficient (Wildman–Crippen LogP) is 1.27. The van der Waals surface area contributed by atoms with E-state index in [4.69, 9.17) is 4.74 Å². The second-order valence-corrected chi connectivity index (χ2v) is 6.29. The molecule has 4 heteroatoms. The summed E-state index contributed by atoms with van der Waals surface area (Å²) in [7, 11) is 3.99. The number of piperazine rings is 1. The molecule has 0 aromatic heterocycles.